The normalized spacial score (nSPS) is 20.5. The summed E-state index contributed by atoms with van der Waals surface area (Å²) in [6.45, 7) is 17.4. The van der Waals surface area contributed by atoms with Gasteiger partial charge < -0.3 is 24.5 Å². The van der Waals surface area contributed by atoms with Crippen molar-refractivity contribution in [3.05, 3.63) is 35.9 Å². The van der Waals surface area contributed by atoms with Crippen LogP contribution in [0.5, 0.6) is 0 Å². The van der Waals surface area contributed by atoms with Gasteiger partial charge in [0.1, 0.15) is 5.60 Å². The summed E-state index contributed by atoms with van der Waals surface area (Å²) in [4.78, 5) is 26.5. The molecule has 1 saturated heterocycles. The molecule has 0 radical (unpaired) electrons. The molecule has 2 rings (SSSR count). The van der Waals surface area contributed by atoms with Crippen LogP contribution >= 0.6 is 0 Å². The number of likely N-dealkylation sites (tertiary alicyclic amines) is 1. The lowest BCUT2D eigenvalue weighted by molar-refractivity contribution is -0.138. The van der Waals surface area contributed by atoms with Gasteiger partial charge in [0.2, 0.25) is 0 Å². The molecule has 0 bridgehead atoms. The highest BCUT2D eigenvalue weighted by molar-refractivity contribution is 6.74. The minimum absolute atomic E-state index is 0.0356. The molecule has 0 saturated carbocycles. The third-order valence-corrected chi connectivity index (χ3v) is 11.0. The monoisotopic (exact) mass is 478 g/mol. The fourth-order valence-corrected chi connectivity index (χ4v) is 5.15. The number of carbonyl (C=O) groups is 2. The van der Waals surface area contributed by atoms with Gasteiger partial charge in [-0.1, -0.05) is 51.1 Å². The molecule has 1 aliphatic heterocycles. The zero-order valence-corrected chi connectivity index (χ0v) is 22.5. The molecule has 0 aromatic heterocycles. The molecular formula is C25H42N2O5Si. The van der Waals surface area contributed by atoms with Crippen molar-refractivity contribution >= 4 is 20.4 Å². The number of benzene rings is 1. The summed E-state index contributed by atoms with van der Waals surface area (Å²) in [6.07, 6.45) is -0.0984. The summed E-state index contributed by atoms with van der Waals surface area (Å²) >= 11 is 0. The highest BCUT2D eigenvalue weighted by Crippen LogP contribution is 2.39. The maximum atomic E-state index is 13.1. The van der Waals surface area contributed by atoms with E-state index in [9.17, 15) is 14.7 Å². The Morgan fingerprint density at radius 3 is 2.27 bits per heavy atom. The number of rotatable bonds is 8. The van der Waals surface area contributed by atoms with Gasteiger partial charge in [-0.2, -0.15) is 0 Å². The van der Waals surface area contributed by atoms with Crippen molar-refractivity contribution in [1.29, 1.82) is 0 Å². The van der Waals surface area contributed by atoms with Crippen LogP contribution in [0, 0.1) is 0 Å². The van der Waals surface area contributed by atoms with Crippen molar-refractivity contribution in [2.24, 2.45) is 0 Å². The van der Waals surface area contributed by atoms with Crippen molar-refractivity contribution in [3.63, 3.8) is 0 Å². The summed E-state index contributed by atoms with van der Waals surface area (Å²) in [6, 6.07) is 9.08. The molecule has 1 heterocycles. The first-order valence-corrected chi connectivity index (χ1v) is 14.7. The van der Waals surface area contributed by atoms with E-state index in [0.717, 1.165) is 5.56 Å². The Bertz CT molecular complexity index is 801. The molecule has 186 valence electrons. The molecule has 1 amide bonds. The first-order valence-electron chi connectivity index (χ1n) is 11.8. The topological polar surface area (TPSA) is 88.1 Å². The fraction of sp³-hybridized carbons (Fsp3) is 0.680. The number of aliphatic carboxylic acids is 1. The number of carboxylic acid groups (broad SMARTS) is 1. The van der Waals surface area contributed by atoms with E-state index in [1.54, 1.807) is 4.90 Å². The first kappa shape index (κ1) is 27.3. The Balaban J connectivity index is 2.28. The summed E-state index contributed by atoms with van der Waals surface area (Å²) in [5.74, 6) is -0.904. The number of ether oxygens (including phenoxy) is 1. The van der Waals surface area contributed by atoms with Gasteiger partial charge in [0.25, 0.3) is 0 Å². The van der Waals surface area contributed by atoms with Crippen LogP contribution in [-0.2, 0) is 20.5 Å². The lowest BCUT2D eigenvalue weighted by atomic mass is 10.0. The third-order valence-electron chi connectivity index (χ3n) is 6.47. The second-order valence-corrected chi connectivity index (χ2v) is 16.3. The fourth-order valence-electron chi connectivity index (χ4n) is 3.79. The minimum atomic E-state index is -2.06. The predicted octanol–water partition coefficient (Wildman–Crippen LogP) is 5.02. The van der Waals surface area contributed by atoms with Crippen molar-refractivity contribution < 1.29 is 23.9 Å². The first-order chi connectivity index (χ1) is 15.1. The number of hydrogen-bond acceptors (Lipinski definition) is 5. The van der Waals surface area contributed by atoms with Crippen LogP contribution in [0.1, 0.15) is 59.9 Å². The maximum Gasteiger partial charge on any atom is 0.410 e. The maximum absolute atomic E-state index is 13.1. The van der Waals surface area contributed by atoms with Gasteiger partial charge in [-0.05, 0) is 50.9 Å². The van der Waals surface area contributed by atoms with E-state index in [-0.39, 0.29) is 23.6 Å². The quantitative estimate of drug-likeness (QED) is 0.510. The number of carboxylic acids is 1. The number of amides is 1. The van der Waals surface area contributed by atoms with Gasteiger partial charge in [-0.25, -0.2) is 4.79 Å². The van der Waals surface area contributed by atoms with Crippen LogP contribution in [0.2, 0.25) is 18.1 Å². The van der Waals surface area contributed by atoms with Gasteiger partial charge in [0.15, 0.2) is 8.32 Å². The number of nitrogens with one attached hydrogen (secondary N) is 1. The summed E-state index contributed by atoms with van der Waals surface area (Å²) in [5, 5.41) is 13.0. The highest BCUT2D eigenvalue weighted by atomic mass is 28.4. The van der Waals surface area contributed by atoms with E-state index in [2.05, 4.69) is 39.2 Å². The van der Waals surface area contributed by atoms with Crippen LogP contribution < -0.4 is 5.32 Å². The van der Waals surface area contributed by atoms with Gasteiger partial charge in [0, 0.05) is 19.1 Å². The van der Waals surface area contributed by atoms with Crippen LogP contribution in [-0.4, -0.2) is 60.7 Å². The lowest BCUT2D eigenvalue weighted by Gasteiger charge is -2.38. The minimum Gasteiger partial charge on any atom is -0.481 e. The molecule has 2 N–H and O–H groups in total. The van der Waals surface area contributed by atoms with Crippen molar-refractivity contribution in [3.8, 4) is 0 Å². The molecule has 33 heavy (non-hydrogen) atoms. The van der Waals surface area contributed by atoms with E-state index in [0.29, 0.717) is 19.5 Å². The van der Waals surface area contributed by atoms with E-state index in [4.69, 9.17) is 9.16 Å². The average Bonchev–Trinajstić information content (AvgIpc) is 3.06. The molecule has 1 unspecified atom stereocenters. The second kappa shape index (κ2) is 10.6. The molecule has 1 aliphatic rings. The highest BCUT2D eigenvalue weighted by Gasteiger charge is 2.46. The van der Waals surface area contributed by atoms with Gasteiger partial charge in [-0.15, -0.1) is 0 Å². The standard InChI is InChI=1S/C25H42N2O5Si/c1-24(2,3)31-23(30)27-17-19(32-33(7,8)25(4,5)6)14-21(27)20(15-22(28)29)26-16-18-12-10-9-11-13-18/h9-13,19-21,26H,14-17H2,1-8H3,(H,28,29)/t19-,20?,21+/m1/s1. The summed E-state index contributed by atoms with van der Waals surface area (Å²) < 4.78 is 12.3. The Morgan fingerprint density at radius 2 is 1.76 bits per heavy atom. The number of carbonyl (C=O) groups excluding carboxylic acids is 1. The lowest BCUT2D eigenvalue weighted by Crippen LogP contribution is -2.51. The van der Waals surface area contributed by atoms with Crippen molar-refractivity contribution in [2.75, 3.05) is 6.54 Å². The largest absolute Gasteiger partial charge is 0.481 e. The molecular weight excluding hydrogens is 436 g/mol. The Hall–Kier alpha value is -1.90. The van der Waals surface area contributed by atoms with Crippen LogP contribution in [0.15, 0.2) is 30.3 Å². The Labute approximate surface area is 200 Å². The molecule has 1 aromatic carbocycles. The van der Waals surface area contributed by atoms with Gasteiger partial charge >= 0.3 is 12.1 Å². The predicted molar refractivity (Wildman–Crippen MR) is 133 cm³/mol. The van der Waals surface area contributed by atoms with E-state index < -0.39 is 32.0 Å². The van der Waals surface area contributed by atoms with Gasteiger partial charge in [-0.3, -0.25) is 4.79 Å². The van der Waals surface area contributed by atoms with E-state index in [1.807, 2.05) is 51.1 Å². The number of hydrogen-bond donors (Lipinski definition) is 2. The Kier molecular flexibility index (Phi) is 8.76. The van der Waals surface area contributed by atoms with Crippen molar-refractivity contribution in [1.82, 2.24) is 10.2 Å². The van der Waals surface area contributed by atoms with Crippen molar-refractivity contribution in [2.45, 2.75) is 103 Å². The molecule has 1 fully saturated rings. The zero-order chi connectivity index (χ0) is 25.0. The molecule has 1 aromatic rings. The molecule has 7 nitrogen and oxygen atoms in total. The number of nitrogens with zero attached hydrogens (tertiary/aromatic N) is 1. The smallest absolute Gasteiger partial charge is 0.410 e. The Morgan fingerprint density at radius 1 is 1.15 bits per heavy atom. The third kappa shape index (κ3) is 8.12. The van der Waals surface area contributed by atoms with Crippen LogP contribution in [0.3, 0.4) is 0 Å². The molecule has 3 atom stereocenters. The van der Waals surface area contributed by atoms with Gasteiger partial charge in [0.05, 0.1) is 18.6 Å². The SMILES string of the molecule is CC(C)(C)OC(=O)N1C[C@H](O[Si](C)(C)C(C)(C)C)C[C@H]1C(CC(=O)O)NCc1ccccc1. The molecule has 0 spiro atoms. The van der Waals surface area contributed by atoms with Crippen LogP contribution in [0.4, 0.5) is 4.79 Å². The average molecular weight is 479 g/mol. The van der Waals surface area contributed by atoms with Crippen LogP contribution in [0.25, 0.3) is 0 Å². The zero-order valence-electron chi connectivity index (χ0n) is 21.5. The van der Waals surface area contributed by atoms with E-state index in [1.165, 1.54) is 0 Å². The molecule has 0 aliphatic carbocycles. The summed E-state index contributed by atoms with van der Waals surface area (Å²) in [7, 11) is -2.06. The van der Waals surface area contributed by atoms with E-state index >= 15 is 0 Å². The molecule has 8 heteroatoms. The second-order valence-electron chi connectivity index (χ2n) is 11.5. The summed E-state index contributed by atoms with van der Waals surface area (Å²) in [5.41, 5.74) is 0.420.